The molecule has 1 aliphatic carbocycles. The summed E-state index contributed by atoms with van der Waals surface area (Å²) in [6, 6.07) is 7.94. The standard InChI is InChI=1S/C13H17BrN2O/c14-11-6-2-1-4-9(11)8-16-13(17)10-5-3-7-12(10)15/h1-2,4,6,10,12H,3,5,7-8,15H2,(H,16,17). The minimum atomic E-state index is -0.00233. The maximum absolute atomic E-state index is 11.9. The van der Waals surface area contributed by atoms with E-state index in [1.165, 1.54) is 0 Å². The first-order valence-electron chi connectivity index (χ1n) is 5.95. The van der Waals surface area contributed by atoms with Crippen LogP contribution in [0.5, 0.6) is 0 Å². The van der Waals surface area contributed by atoms with Crippen molar-refractivity contribution in [1.82, 2.24) is 5.32 Å². The fourth-order valence-electron chi connectivity index (χ4n) is 2.27. The van der Waals surface area contributed by atoms with Gasteiger partial charge < -0.3 is 11.1 Å². The Morgan fingerprint density at radius 3 is 2.82 bits per heavy atom. The van der Waals surface area contributed by atoms with Crippen molar-refractivity contribution in [3.63, 3.8) is 0 Å². The molecule has 17 heavy (non-hydrogen) atoms. The maximum atomic E-state index is 11.9. The summed E-state index contributed by atoms with van der Waals surface area (Å²) in [7, 11) is 0. The second-order valence-electron chi connectivity index (χ2n) is 4.51. The van der Waals surface area contributed by atoms with Gasteiger partial charge in [-0.3, -0.25) is 4.79 Å². The van der Waals surface area contributed by atoms with Crippen LogP contribution in [0.25, 0.3) is 0 Å². The fraction of sp³-hybridized carbons (Fsp3) is 0.462. The van der Waals surface area contributed by atoms with E-state index in [2.05, 4.69) is 21.2 Å². The summed E-state index contributed by atoms with van der Waals surface area (Å²) < 4.78 is 1.02. The lowest BCUT2D eigenvalue weighted by Crippen LogP contribution is -2.38. The van der Waals surface area contributed by atoms with E-state index in [-0.39, 0.29) is 17.9 Å². The van der Waals surface area contributed by atoms with Crippen LogP contribution in [0.3, 0.4) is 0 Å². The molecule has 4 heteroatoms. The van der Waals surface area contributed by atoms with E-state index in [1.807, 2.05) is 24.3 Å². The van der Waals surface area contributed by atoms with Gasteiger partial charge in [-0.05, 0) is 24.5 Å². The third-order valence-corrected chi connectivity index (χ3v) is 4.09. The molecule has 3 N–H and O–H groups in total. The van der Waals surface area contributed by atoms with Crippen molar-refractivity contribution < 1.29 is 4.79 Å². The van der Waals surface area contributed by atoms with Gasteiger partial charge in [-0.15, -0.1) is 0 Å². The molecule has 0 heterocycles. The number of rotatable bonds is 3. The zero-order valence-corrected chi connectivity index (χ0v) is 11.2. The third kappa shape index (κ3) is 3.07. The highest BCUT2D eigenvalue weighted by atomic mass is 79.9. The van der Waals surface area contributed by atoms with E-state index >= 15 is 0 Å². The minimum Gasteiger partial charge on any atom is -0.352 e. The van der Waals surface area contributed by atoms with E-state index in [4.69, 9.17) is 5.73 Å². The number of nitrogens with two attached hydrogens (primary N) is 1. The van der Waals surface area contributed by atoms with Crippen molar-refractivity contribution in [1.29, 1.82) is 0 Å². The second-order valence-corrected chi connectivity index (χ2v) is 5.36. The van der Waals surface area contributed by atoms with E-state index in [1.54, 1.807) is 0 Å². The van der Waals surface area contributed by atoms with E-state index < -0.39 is 0 Å². The van der Waals surface area contributed by atoms with Crippen LogP contribution in [0.4, 0.5) is 0 Å². The Morgan fingerprint density at radius 2 is 2.18 bits per heavy atom. The number of hydrogen-bond donors (Lipinski definition) is 2. The van der Waals surface area contributed by atoms with Gasteiger partial charge in [0.15, 0.2) is 0 Å². The first-order chi connectivity index (χ1) is 8.18. The van der Waals surface area contributed by atoms with Crippen LogP contribution in [0.1, 0.15) is 24.8 Å². The summed E-state index contributed by atoms with van der Waals surface area (Å²) in [6.45, 7) is 0.559. The quantitative estimate of drug-likeness (QED) is 0.898. The molecule has 2 atom stereocenters. The van der Waals surface area contributed by atoms with Crippen molar-refractivity contribution >= 4 is 21.8 Å². The van der Waals surface area contributed by atoms with E-state index in [9.17, 15) is 4.79 Å². The molecule has 1 aliphatic rings. The molecular formula is C13H17BrN2O. The molecule has 92 valence electrons. The van der Waals surface area contributed by atoms with Crippen molar-refractivity contribution in [3.8, 4) is 0 Å². The van der Waals surface area contributed by atoms with Gasteiger partial charge in [0, 0.05) is 17.1 Å². The molecule has 0 radical (unpaired) electrons. The van der Waals surface area contributed by atoms with Crippen molar-refractivity contribution in [2.45, 2.75) is 31.8 Å². The Kier molecular flexibility index (Phi) is 4.18. The number of carbonyl (C=O) groups is 1. The monoisotopic (exact) mass is 296 g/mol. The molecular weight excluding hydrogens is 280 g/mol. The van der Waals surface area contributed by atoms with Crippen LogP contribution < -0.4 is 11.1 Å². The number of carbonyl (C=O) groups excluding carboxylic acids is 1. The van der Waals surface area contributed by atoms with Gasteiger partial charge in [0.05, 0.1) is 5.92 Å². The topological polar surface area (TPSA) is 55.1 Å². The molecule has 0 aromatic heterocycles. The molecule has 1 saturated carbocycles. The van der Waals surface area contributed by atoms with Crippen LogP contribution in [0.2, 0.25) is 0 Å². The van der Waals surface area contributed by atoms with Gasteiger partial charge in [0.2, 0.25) is 5.91 Å². The summed E-state index contributed by atoms with van der Waals surface area (Å²) in [5.74, 6) is 0.0863. The smallest absolute Gasteiger partial charge is 0.224 e. The van der Waals surface area contributed by atoms with Crippen molar-refractivity contribution in [2.24, 2.45) is 11.7 Å². The Labute approximate surface area is 110 Å². The van der Waals surface area contributed by atoms with Crippen LogP contribution in [-0.2, 0) is 11.3 Å². The average molecular weight is 297 g/mol. The molecule has 1 amide bonds. The largest absolute Gasteiger partial charge is 0.352 e. The highest BCUT2D eigenvalue weighted by molar-refractivity contribution is 9.10. The molecule has 0 aliphatic heterocycles. The van der Waals surface area contributed by atoms with Crippen LogP contribution >= 0.6 is 15.9 Å². The first kappa shape index (κ1) is 12.6. The lowest BCUT2D eigenvalue weighted by molar-refractivity contribution is -0.125. The molecule has 2 unspecified atom stereocenters. The highest BCUT2D eigenvalue weighted by Crippen LogP contribution is 2.24. The van der Waals surface area contributed by atoms with E-state index in [0.717, 1.165) is 29.3 Å². The number of hydrogen-bond acceptors (Lipinski definition) is 2. The lowest BCUT2D eigenvalue weighted by Gasteiger charge is -2.15. The third-order valence-electron chi connectivity index (χ3n) is 3.32. The summed E-state index contributed by atoms with van der Waals surface area (Å²) in [5, 5.41) is 2.96. The van der Waals surface area contributed by atoms with Crippen molar-refractivity contribution in [2.75, 3.05) is 0 Å². The van der Waals surface area contributed by atoms with Crippen molar-refractivity contribution in [3.05, 3.63) is 34.3 Å². The molecule has 1 fully saturated rings. The Morgan fingerprint density at radius 1 is 1.41 bits per heavy atom. The lowest BCUT2D eigenvalue weighted by atomic mass is 10.0. The minimum absolute atomic E-state index is 0.00233. The predicted molar refractivity (Wildman–Crippen MR) is 71.3 cm³/mol. The normalized spacial score (nSPS) is 23.6. The second kappa shape index (κ2) is 5.65. The van der Waals surface area contributed by atoms with Gasteiger partial charge in [-0.1, -0.05) is 40.5 Å². The van der Waals surface area contributed by atoms with Gasteiger partial charge >= 0.3 is 0 Å². The van der Waals surface area contributed by atoms with Crippen LogP contribution in [0, 0.1) is 5.92 Å². The summed E-state index contributed by atoms with van der Waals surface area (Å²) in [5.41, 5.74) is 7.00. The number of halogens is 1. The van der Waals surface area contributed by atoms with Gasteiger partial charge in [-0.2, -0.15) is 0 Å². The fourth-order valence-corrected chi connectivity index (χ4v) is 2.69. The molecule has 2 rings (SSSR count). The average Bonchev–Trinajstić information content (AvgIpc) is 2.74. The molecule has 0 bridgehead atoms. The summed E-state index contributed by atoms with van der Waals surface area (Å²) in [4.78, 5) is 11.9. The molecule has 1 aromatic rings. The zero-order valence-electron chi connectivity index (χ0n) is 9.66. The summed E-state index contributed by atoms with van der Waals surface area (Å²) >= 11 is 3.47. The molecule has 0 saturated heterocycles. The molecule has 3 nitrogen and oxygen atoms in total. The SMILES string of the molecule is NC1CCCC1C(=O)NCc1ccccc1Br. The van der Waals surface area contributed by atoms with Gasteiger partial charge in [-0.25, -0.2) is 0 Å². The number of nitrogens with one attached hydrogen (secondary N) is 1. The Hall–Kier alpha value is -0.870. The summed E-state index contributed by atoms with van der Waals surface area (Å²) in [6.07, 6.45) is 2.95. The van der Waals surface area contributed by atoms with Crippen LogP contribution in [0.15, 0.2) is 28.7 Å². The van der Waals surface area contributed by atoms with Gasteiger partial charge in [0.25, 0.3) is 0 Å². The predicted octanol–water partition coefficient (Wildman–Crippen LogP) is 2.19. The maximum Gasteiger partial charge on any atom is 0.224 e. The zero-order chi connectivity index (χ0) is 12.3. The molecule has 1 aromatic carbocycles. The Bertz CT molecular complexity index is 408. The highest BCUT2D eigenvalue weighted by Gasteiger charge is 2.29. The van der Waals surface area contributed by atoms with E-state index in [0.29, 0.717) is 6.54 Å². The number of benzene rings is 1. The first-order valence-corrected chi connectivity index (χ1v) is 6.74. The number of amides is 1. The van der Waals surface area contributed by atoms with Gasteiger partial charge in [0.1, 0.15) is 0 Å². The van der Waals surface area contributed by atoms with Crippen LogP contribution in [-0.4, -0.2) is 11.9 Å². The molecule has 0 spiro atoms. The Balaban J connectivity index is 1.90.